The van der Waals surface area contributed by atoms with Crippen LogP contribution < -0.4 is 15.2 Å². The second kappa shape index (κ2) is 7.38. The van der Waals surface area contributed by atoms with E-state index in [-0.39, 0.29) is 21.5 Å². The van der Waals surface area contributed by atoms with Crippen LogP contribution in [-0.4, -0.2) is 26.1 Å². The van der Waals surface area contributed by atoms with Gasteiger partial charge in [0.2, 0.25) is 10.0 Å². The third-order valence-corrected chi connectivity index (χ3v) is 6.25. The van der Waals surface area contributed by atoms with E-state index >= 15 is 0 Å². The van der Waals surface area contributed by atoms with E-state index in [1.807, 2.05) is 24.3 Å². The highest BCUT2D eigenvalue weighted by atomic mass is 35.5. The first-order valence-corrected chi connectivity index (χ1v) is 10.0. The molecule has 0 radical (unpaired) electrons. The van der Waals surface area contributed by atoms with Gasteiger partial charge in [-0.3, -0.25) is 4.57 Å². The smallest absolute Gasteiger partial charge is 0.419 e. The number of aromatic nitrogens is 1. The van der Waals surface area contributed by atoms with Crippen molar-refractivity contribution in [1.82, 2.24) is 9.29 Å². The van der Waals surface area contributed by atoms with Gasteiger partial charge in [-0.25, -0.2) is 17.9 Å². The molecule has 0 bridgehead atoms. The monoisotopic (exact) mass is 410 g/mol. The molecule has 0 saturated heterocycles. The summed E-state index contributed by atoms with van der Waals surface area (Å²) in [7, 11) is -0.790. The number of benzene rings is 2. The molecular weight excluding hydrogens is 392 g/mol. The average molecular weight is 411 g/mol. The Bertz CT molecular complexity index is 1130. The van der Waals surface area contributed by atoms with Crippen molar-refractivity contribution in [3.63, 3.8) is 0 Å². The zero-order valence-corrected chi connectivity index (χ0v) is 16.6. The summed E-state index contributed by atoms with van der Waals surface area (Å²) in [5.41, 5.74) is 1.55. The number of nitrogens with one attached hydrogen (secondary N) is 1. The van der Waals surface area contributed by atoms with E-state index in [4.69, 9.17) is 20.8 Å². The second-order valence-electron chi connectivity index (χ2n) is 6.25. The Hall–Kier alpha value is -2.29. The standard InChI is InChI=1S/C18H19ClN2O5S/c1-11(8-12-4-6-13(25-3)7-5-12)20-27(23,24)17-10-16-15(9-14(17)19)21(2)18(22)26-16/h4-7,9-11,20H,8H2,1-3H3/t11-/m1/s1. The van der Waals surface area contributed by atoms with Crippen molar-refractivity contribution < 1.29 is 17.6 Å². The van der Waals surface area contributed by atoms with Gasteiger partial charge < -0.3 is 9.15 Å². The third-order valence-electron chi connectivity index (χ3n) is 4.19. The SMILES string of the molecule is COc1ccc(C[C@@H](C)NS(=O)(=O)c2cc3oc(=O)n(C)c3cc2Cl)cc1. The van der Waals surface area contributed by atoms with Crippen LogP contribution in [0.5, 0.6) is 5.75 Å². The fraction of sp³-hybridized carbons (Fsp3) is 0.278. The Morgan fingerprint density at radius 1 is 1.26 bits per heavy atom. The molecule has 27 heavy (non-hydrogen) atoms. The molecule has 1 aromatic heterocycles. The van der Waals surface area contributed by atoms with Gasteiger partial charge >= 0.3 is 5.76 Å². The van der Waals surface area contributed by atoms with E-state index in [1.165, 1.54) is 23.7 Å². The molecule has 144 valence electrons. The van der Waals surface area contributed by atoms with Crippen LogP contribution in [0.1, 0.15) is 12.5 Å². The minimum Gasteiger partial charge on any atom is -0.497 e. The number of aryl methyl sites for hydroxylation is 1. The number of fused-ring (bicyclic) bond motifs is 1. The molecule has 2 aromatic carbocycles. The molecule has 9 heteroatoms. The minimum atomic E-state index is -3.90. The molecular formula is C18H19ClN2O5S. The van der Waals surface area contributed by atoms with Crippen molar-refractivity contribution in [2.24, 2.45) is 7.05 Å². The first kappa shape index (κ1) is 19.5. The van der Waals surface area contributed by atoms with Crippen LogP contribution in [0.25, 0.3) is 11.1 Å². The maximum Gasteiger partial charge on any atom is 0.419 e. The molecule has 0 aliphatic heterocycles. The van der Waals surface area contributed by atoms with Crippen LogP contribution in [0, 0.1) is 0 Å². The molecule has 0 unspecified atom stereocenters. The number of hydrogen-bond acceptors (Lipinski definition) is 5. The molecule has 0 saturated carbocycles. The van der Waals surface area contributed by atoms with Crippen LogP contribution in [0.2, 0.25) is 5.02 Å². The summed E-state index contributed by atoms with van der Waals surface area (Å²) in [6.45, 7) is 1.76. The summed E-state index contributed by atoms with van der Waals surface area (Å²) in [6.07, 6.45) is 0.490. The summed E-state index contributed by atoms with van der Waals surface area (Å²) in [5, 5.41) is 0.0167. The van der Waals surface area contributed by atoms with Crippen LogP contribution >= 0.6 is 11.6 Å². The third kappa shape index (κ3) is 4.02. The van der Waals surface area contributed by atoms with Gasteiger partial charge in [0.1, 0.15) is 10.6 Å². The summed E-state index contributed by atoms with van der Waals surface area (Å²) in [6, 6.07) is 9.68. The maximum absolute atomic E-state index is 12.7. The van der Waals surface area contributed by atoms with E-state index in [0.29, 0.717) is 11.9 Å². The Morgan fingerprint density at radius 2 is 1.93 bits per heavy atom. The van der Waals surface area contributed by atoms with E-state index in [0.717, 1.165) is 11.3 Å². The lowest BCUT2D eigenvalue weighted by Crippen LogP contribution is -2.34. The second-order valence-corrected chi connectivity index (χ2v) is 8.34. The largest absolute Gasteiger partial charge is 0.497 e. The molecule has 0 spiro atoms. The van der Waals surface area contributed by atoms with Crippen molar-refractivity contribution in [2.75, 3.05) is 7.11 Å². The van der Waals surface area contributed by atoms with Crippen molar-refractivity contribution in [3.8, 4) is 5.75 Å². The van der Waals surface area contributed by atoms with Gasteiger partial charge in [0, 0.05) is 19.2 Å². The van der Waals surface area contributed by atoms with Crippen LogP contribution in [0.4, 0.5) is 0 Å². The summed E-state index contributed by atoms with van der Waals surface area (Å²) in [4.78, 5) is 11.5. The van der Waals surface area contributed by atoms with Crippen molar-refractivity contribution >= 4 is 32.7 Å². The number of rotatable bonds is 6. The fourth-order valence-corrected chi connectivity index (χ4v) is 4.60. The summed E-state index contributed by atoms with van der Waals surface area (Å²) in [5.74, 6) is 0.146. The average Bonchev–Trinajstić information content (AvgIpc) is 2.88. The zero-order chi connectivity index (χ0) is 19.8. The lowest BCUT2D eigenvalue weighted by Gasteiger charge is -2.15. The maximum atomic E-state index is 12.7. The van der Waals surface area contributed by atoms with Crippen molar-refractivity contribution in [3.05, 3.63) is 57.5 Å². The quantitative estimate of drug-likeness (QED) is 0.674. The Labute approximate surface area is 161 Å². The highest BCUT2D eigenvalue weighted by Crippen LogP contribution is 2.27. The van der Waals surface area contributed by atoms with Gasteiger partial charge in [0.15, 0.2) is 5.58 Å². The van der Waals surface area contributed by atoms with Crippen LogP contribution in [0.15, 0.2) is 50.5 Å². The van der Waals surface area contributed by atoms with Gasteiger partial charge in [-0.15, -0.1) is 0 Å². The van der Waals surface area contributed by atoms with Gasteiger partial charge in [-0.1, -0.05) is 23.7 Å². The molecule has 3 aromatic rings. The number of hydrogen-bond donors (Lipinski definition) is 1. The van der Waals surface area contributed by atoms with Gasteiger partial charge in [-0.2, -0.15) is 0 Å². The van der Waals surface area contributed by atoms with Gasteiger partial charge in [0.25, 0.3) is 0 Å². The number of ether oxygens (including phenoxy) is 1. The highest BCUT2D eigenvalue weighted by Gasteiger charge is 2.23. The van der Waals surface area contributed by atoms with Crippen molar-refractivity contribution in [1.29, 1.82) is 0 Å². The number of methoxy groups -OCH3 is 1. The van der Waals surface area contributed by atoms with Crippen molar-refractivity contribution in [2.45, 2.75) is 24.3 Å². The molecule has 7 nitrogen and oxygen atoms in total. The molecule has 0 aliphatic carbocycles. The summed E-state index contributed by atoms with van der Waals surface area (Å²) >= 11 is 6.16. The number of sulfonamides is 1. The molecule has 0 aliphatic rings. The molecule has 1 N–H and O–H groups in total. The molecule has 1 atom stereocenters. The van der Waals surface area contributed by atoms with Crippen LogP contribution in [-0.2, 0) is 23.5 Å². The van der Waals surface area contributed by atoms with E-state index in [1.54, 1.807) is 14.0 Å². The number of oxazole rings is 1. The molecule has 3 rings (SSSR count). The Morgan fingerprint density at radius 3 is 2.56 bits per heavy atom. The van der Waals surface area contributed by atoms with E-state index in [9.17, 15) is 13.2 Å². The van der Waals surface area contributed by atoms with Gasteiger partial charge in [0.05, 0.1) is 17.6 Å². The zero-order valence-electron chi connectivity index (χ0n) is 15.0. The normalized spacial score (nSPS) is 13.0. The minimum absolute atomic E-state index is 0.0167. The predicted octanol–water partition coefficient (Wildman–Crippen LogP) is 2.70. The van der Waals surface area contributed by atoms with Crippen LogP contribution in [0.3, 0.4) is 0 Å². The van der Waals surface area contributed by atoms with E-state index in [2.05, 4.69) is 4.72 Å². The van der Waals surface area contributed by atoms with Gasteiger partial charge in [-0.05, 0) is 37.1 Å². The lowest BCUT2D eigenvalue weighted by molar-refractivity contribution is 0.414. The molecule has 0 amide bonds. The topological polar surface area (TPSA) is 90.5 Å². The van der Waals surface area contributed by atoms with E-state index < -0.39 is 15.8 Å². The first-order valence-electron chi connectivity index (χ1n) is 8.15. The number of nitrogens with zero attached hydrogens (tertiary/aromatic N) is 1. The fourth-order valence-electron chi connectivity index (χ4n) is 2.82. The molecule has 0 fully saturated rings. The highest BCUT2D eigenvalue weighted by molar-refractivity contribution is 7.89. The Kier molecular flexibility index (Phi) is 5.32. The summed E-state index contributed by atoms with van der Waals surface area (Å²) < 4.78 is 39.5. The predicted molar refractivity (Wildman–Crippen MR) is 103 cm³/mol. The molecule has 1 heterocycles. The lowest BCUT2D eigenvalue weighted by atomic mass is 10.1. The Balaban J connectivity index is 1.84. The number of halogens is 1. The first-order chi connectivity index (χ1) is 12.7.